The van der Waals surface area contributed by atoms with Gasteiger partial charge >= 0.3 is 5.69 Å². The van der Waals surface area contributed by atoms with E-state index < -0.39 is 11.2 Å². The van der Waals surface area contributed by atoms with E-state index in [1.54, 1.807) is 18.2 Å². The minimum Gasteiger partial charge on any atom is -0.488 e. The molecule has 3 rings (SSSR count). The van der Waals surface area contributed by atoms with E-state index in [-0.39, 0.29) is 0 Å². The van der Waals surface area contributed by atoms with E-state index in [1.165, 1.54) is 0 Å². The van der Waals surface area contributed by atoms with E-state index in [2.05, 4.69) is 9.97 Å². The van der Waals surface area contributed by atoms with Crippen molar-refractivity contribution in [3.8, 4) is 5.75 Å². The van der Waals surface area contributed by atoms with Gasteiger partial charge in [-0.15, -0.1) is 0 Å². The monoisotopic (exact) mass is 268 g/mol. The lowest BCUT2D eigenvalue weighted by molar-refractivity contribution is 0.310. The number of fused-ring (bicyclic) bond motifs is 1. The van der Waals surface area contributed by atoms with Crippen molar-refractivity contribution in [1.82, 2.24) is 9.97 Å². The highest BCUT2D eigenvalue weighted by Gasteiger charge is 2.07. The van der Waals surface area contributed by atoms with Crippen LogP contribution in [-0.2, 0) is 6.61 Å². The Balaban J connectivity index is 2.00. The highest BCUT2D eigenvalue weighted by atomic mass is 16.5. The third-order valence-electron chi connectivity index (χ3n) is 2.97. The van der Waals surface area contributed by atoms with Gasteiger partial charge in [-0.25, -0.2) is 4.79 Å². The second-order valence-corrected chi connectivity index (χ2v) is 4.36. The maximum Gasteiger partial charge on any atom is 0.326 e. The summed E-state index contributed by atoms with van der Waals surface area (Å²) in [6.07, 6.45) is 0. The Hall–Kier alpha value is -2.82. The number of ether oxygens (including phenoxy) is 1. The minimum absolute atomic E-state index is 0.350. The van der Waals surface area contributed by atoms with Crippen LogP contribution in [-0.4, -0.2) is 9.97 Å². The molecule has 3 aromatic rings. The summed E-state index contributed by atoms with van der Waals surface area (Å²) in [5.41, 5.74) is 0.491. The maximum absolute atomic E-state index is 11.9. The zero-order valence-electron chi connectivity index (χ0n) is 10.6. The standard InChI is InChI=1S/C15H12N2O3/c18-14-13-11(16-15(19)17-14)7-4-8-12(13)20-9-10-5-2-1-3-6-10/h1-8H,9H2,(H2,16,17,18,19). The molecule has 0 unspecified atom stereocenters. The van der Waals surface area contributed by atoms with Crippen LogP contribution in [0.1, 0.15) is 5.56 Å². The molecule has 0 aliphatic carbocycles. The van der Waals surface area contributed by atoms with E-state index in [9.17, 15) is 9.59 Å². The molecular weight excluding hydrogens is 256 g/mol. The summed E-state index contributed by atoms with van der Waals surface area (Å²) in [7, 11) is 0. The highest BCUT2D eigenvalue weighted by Crippen LogP contribution is 2.20. The van der Waals surface area contributed by atoms with Gasteiger partial charge in [0.15, 0.2) is 0 Å². The number of hydrogen-bond acceptors (Lipinski definition) is 3. The van der Waals surface area contributed by atoms with Crippen molar-refractivity contribution in [3.63, 3.8) is 0 Å². The average Bonchev–Trinajstić information content (AvgIpc) is 2.45. The van der Waals surface area contributed by atoms with Crippen LogP contribution in [0.15, 0.2) is 58.1 Å². The normalized spacial score (nSPS) is 10.6. The van der Waals surface area contributed by atoms with Gasteiger partial charge in [0.25, 0.3) is 5.56 Å². The molecule has 0 aliphatic heterocycles. The summed E-state index contributed by atoms with van der Waals surface area (Å²) in [6.45, 7) is 0.360. The van der Waals surface area contributed by atoms with Crippen molar-refractivity contribution in [1.29, 1.82) is 0 Å². The number of aromatic nitrogens is 2. The Morgan fingerprint density at radius 2 is 1.70 bits per heavy atom. The van der Waals surface area contributed by atoms with Crippen molar-refractivity contribution in [2.24, 2.45) is 0 Å². The van der Waals surface area contributed by atoms with Crippen molar-refractivity contribution in [2.75, 3.05) is 0 Å². The first-order chi connectivity index (χ1) is 9.74. The molecular formula is C15H12N2O3. The molecule has 5 heteroatoms. The highest BCUT2D eigenvalue weighted by molar-refractivity contribution is 5.83. The number of hydrogen-bond donors (Lipinski definition) is 2. The molecule has 0 amide bonds. The summed E-state index contributed by atoms with van der Waals surface area (Å²) < 4.78 is 5.68. The topological polar surface area (TPSA) is 74.9 Å². The molecule has 1 heterocycles. The van der Waals surface area contributed by atoms with Crippen LogP contribution in [0.3, 0.4) is 0 Å². The largest absolute Gasteiger partial charge is 0.488 e. The first kappa shape index (κ1) is 12.2. The summed E-state index contributed by atoms with van der Waals surface area (Å²) in [5.74, 6) is 0.448. The first-order valence-corrected chi connectivity index (χ1v) is 6.16. The molecule has 5 nitrogen and oxygen atoms in total. The molecule has 0 bridgehead atoms. The zero-order chi connectivity index (χ0) is 13.9. The lowest BCUT2D eigenvalue weighted by atomic mass is 10.2. The Morgan fingerprint density at radius 3 is 2.50 bits per heavy atom. The minimum atomic E-state index is -0.525. The molecule has 0 saturated heterocycles. The molecule has 2 aromatic carbocycles. The molecule has 20 heavy (non-hydrogen) atoms. The summed E-state index contributed by atoms with van der Waals surface area (Å²) in [6, 6.07) is 14.8. The Kier molecular flexibility index (Phi) is 3.09. The lowest BCUT2D eigenvalue weighted by Gasteiger charge is -2.08. The number of H-pyrrole nitrogens is 2. The fourth-order valence-corrected chi connectivity index (χ4v) is 2.04. The van der Waals surface area contributed by atoms with Crippen molar-refractivity contribution < 1.29 is 4.74 Å². The number of nitrogens with one attached hydrogen (secondary N) is 2. The number of aromatic amines is 2. The van der Waals surface area contributed by atoms with Crippen molar-refractivity contribution in [3.05, 3.63) is 74.9 Å². The van der Waals surface area contributed by atoms with Gasteiger partial charge in [-0.1, -0.05) is 36.4 Å². The molecule has 0 atom stereocenters. The van der Waals surface area contributed by atoms with E-state index in [0.29, 0.717) is 23.3 Å². The zero-order valence-corrected chi connectivity index (χ0v) is 10.6. The molecule has 0 spiro atoms. The van der Waals surface area contributed by atoms with Gasteiger partial charge in [0, 0.05) is 0 Å². The lowest BCUT2D eigenvalue weighted by Crippen LogP contribution is -2.22. The Morgan fingerprint density at radius 1 is 0.900 bits per heavy atom. The van der Waals surface area contributed by atoms with Crippen LogP contribution in [0, 0.1) is 0 Å². The second-order valence-electron chi connectivity index (χ2n) is 4.36. The van der Waals surface area contributed by atoms with Gasteiger partial charge < -0.3 is 9.72 Å². The summed E-state index contributed by atoms with van der Waals surface area (Å²) in [4.78, 5) is 27.9. The molecule has 0 saturated carbocycles. The molecule has 0 radical (unpaired) electrons. The van der Waals surface area contributed by atoms with Gasteiger partial charge in [0.05, 0.1) is 5.52 Å². The van der Waals surface area contributed by atoms with Crippen LogP contribution in [0.25, 0.3) is 10.9 Å². The van der Waals surface area contributed by atoms with Gasteiger partial charge in [0.1, 0.15) is 17.7 Å². The third-order valence-corrected chi connectivity index (χ3v) is 2.97. The molecule has 0 aliphatic rings. The maximum atomic E-state index is 11.9. The molecule has 0 fully saturated rings. The number of rotatable bonds is 3. The van der Waals surface area contributed by atoms with Gasteiger partial charge in [-0.3, -0.25) is 9.78 Å². The summed E-state index contributed by atoms with van der Waals surface area (Å²) in [5, 5.41) is 0.350. The van der Waals surface area contributed by atoms with Crippen LogP contribution < -0.4 is 16.0 Å². The quantitative estimate of drug-likeness (QED) is 0.760. The van der Waals surface area contributed by atoms with Crippen LogP contribution >= 0.6 is 0 Å². The van der Waals surface area contributed by atoms with Crippen LogP contribution in [0.5, 0.6) is 5.75 Å². The second kappa shape index (κ2) is 5.05. The van der Waals surface area contributed by atoms with E-state index in [0.717, 1.165) is 5.56 Å². The first-order valence-electron chi connectivity index (χ1n) is 6.16. The Labute approximate surface area is 113 Å². The number of benzene rings is 2. The van der Waals surface area contributed by atoms with E-state index in [4.69, 9.17) is 4.74 Å². The Bertz CT molecular complexity index is 850. The predicted octanol–water partition coefficient (Wildman–Crippen LogP) is 1.80. The smallest absolute Gasteiger partial charge is 0.326 e. The SMILES string of the molecule is O=c1[nH]c(=O)c2c(OCc3ccccc3)cccc2[nH]1. The fraction of sp³-hybridized carbons (Fsp3) is 0.0667. The van der Waals surface area contributed by atoms with Crippen molar-refractivity contribution in [2.45, 2.75) is 6.61 Å². The van der Waals surface area contributed by atoms with Crippen molar-refractivity contribution >= 4 is 10.9 Å². The predicted molar refractivity (Wildman–Crippen MR) is 76.0 cm³/mol. The van der Waals surface area contributed by atoms with Crippen LogP contribution in [0.4, 0.5) is 0 Å². The molecule has 1 aromatic heterocycles. The fourth-order valence-electron chi connectivity index (χ4n) is 2.04. The van der Waals surface area contributed by atoms with Gasteiger partial charge in [-0.2, -0.15) is 0 Å². The molecule has 2 N–H and O–H groups in total. The van der Waals surface area contributed by atoms with Crippen LogP contribution in [0.2, 0.25) is 0 Å². The molecule has 100 valence electrons. The van der Waals surface area contributed by atoms with Gasteiger partial charge in [0.2, 0.25) is 0 Å². The average molecular weight is 268 g/mol. The van der Waals surface area contributed by atoms with E-state index >= 15 is 0 Å². The summed E-state index contributed by atoms with van der Waals surface area (Å²) >= 11 is 0. The van der Waals surface area contributed by atoms with E-state index in [1.807, 2.05) is 30.3 Å². The third kappa shape index (κ3) is 2.33. The van der Waals surface area contributed by atoms with Gasteiger partial charge in [-0.05, 0) is 17.7 Å².